The van der Waals surface area contributed by atoms with Crippen molar-refractivity contribution in [1.29, 1.82) is 0 Å². The highest BCUT2D eigenvalue weighted by molar-refractivity contribution is 7.22. The number of piperidine rings is 1. The number of carbonyl (C=O) groups excluding carboxylic acids is 1. The van der Waals surface area contributed by atoms with Gasteiger partial charge in [-0.25, -0.2) is 9.67 Å². The van der Waals surface area contributed by atoms with Crippen LogP contribution in [0.4, 0.5) is 5.13 Å². The zero-order chi connectivity index (χ0) is 16.7. The van der Waals surface area contributed by atoms with E-state index in [0.717, 1.165) is 40.6 Å². The Morgan fingerprint density at radius 3 is 3.00 bits per heavy atom. The van der Waals surface area contributed by atoms with Crippen molar-refractivity contribution in [2.75, 3.05) is 18.0 Å². The number of aryl methyl sites for hydroxylation is 2. The third kappa shape index (κ3) is 2.58. The topological polar surface area (TPSA) is 63.9 Å². The molecule has 6 nitrogen and oxygen atoms in total. The van der Waals surface area contributed by atoms with Crippen LogP contribution >= 0.6 is 11.3 Å². The highest BCUT2D eigenvalue weighted by Gasteiger charge is 2.29. The molecule has 0 spiro atoms. The molecule has 0 saturated carbocycles. The van der Waals surface area contributed by atoms with Gasteiger partial charge >= 0.3 is 0 Å². The molecule has 4 heterocycles. The Labute approximate surface area is 144 Å². The molecule has 0 radical (unpaired) electrons. The Morgan fingerprint density at radius 2 is 2.25 bits per heavy atom. The first-order valence-corrected chi connectivity index (χ1v) is 8.95. The number of nitrogens with zero attached hydrogens (tertiary/aromatic N) is 5. The van der Waals surface area contributed by atoms with Crippen molar-refractivity contribution in [3.8, 4) is 0 Å². The van der Waals surface area contributed by atoms with Crippen molar-refractivity contribution in [2.24, 2.45) is 13.0 Å². The molecule has 4 rings (SSSR count). The van der Waals surface area contributed by atoms with Gasteiger partial charge < -0.3 is 4.90 Å². The fourth-order valence-corrected chi connectivity index (χ4v) is 4.36. The first-order valence-electron chi connectivity index (χ1n) is 8.14. The van der Waals surface area contributed by atoms with Gasteiger partial charge in [-0.05, 0) is 31.9 Å². The van der Waals surface area contributed by atoms with E-state index < -0.39 is 0 Å². The summed E-state index contributed by atoms with van der Waals surface area (Å²) in [5, 5.41) is 5.39. The second kappa shape index (κ2) is 5.98. The molecule has 1 fully saturated rings. The predicted octanol–water partition coefficient (Wildman–Crippen LogP) is 2.83. The van der Waals surface area contributed by atoms with E-state index >= 15 is 0 Å². The maximum Gasteiger partial charge on any atom is 0.188 e. The molecular weight excluding hydrogens is 322 g/mol. The van der Waals surface area contributed by atoms with Gasteiger partial charge in [0.2, 0.25) is 0 Å². The molecule has 124 valence electrons. The number of hydrogen-bond donors (Lipinski definition) is 0. The van der Waals surface area contributed by atoms with Gasteiger partial charge in [-0.3, -0.25) is 9.78 Å². The second-order valence-electron chi connectivity index (χ2n) is 6.22. The quantitative estimate of drug-likeness (QED) is 0.686. The lowest BCUT2D eigenvalue weighted by molar-refractivity contribution is 0.0902. The summed E-state index contributed by atoms with van der Waals surface area (Å²) in [6.45, 7) is 3.66. The van der Waals surface area contributed by atoms with Crippen molar-refractivity contribution in [1.82, 2.24) is 19.7 Å². The average molecular weight is 341 g/mol. The summed E-state index contributed by atoms with van der Waals surface area (Å²) < 4.78 is 2.95. The lowest BCUT2D eigenvalue weighted by Crippen LogP contribution is -2.39. The van der Waals surface area contributed by atoms with Crippen LogP contribution in [0.2, 0.25) is 0 Å². The molecule has 1 atom stereocenters. The maximum atomic E-state index is 12.7. The molecule has 24 heavy (non-hydrogen) atoms. The van der Waals surface area contributed by atoms with Crippen molar-refractivity contribution >= 4 is 32.6 Å². The highest BCUT2D eigenvalue weighted by atomic mass is 32.1. The van der Waals surface area contributed by atoms with Crippen molar-refractivity contribution in [2.45, 2.75) is 19.8 Å². The highest BCUT2D eigenvalue weighted by Crippen LogP contribution is 2.33. The number of hydrogen-bond acceptors (Lipinski definition) is 6. The lowest BCUT2D eigenvalue weighted by Gasteiger charge is -2.31. The van der Waals surface area contributed by atoms with E-state index in [4.69, 9.17) is 4.98 Å². The number of anilines is 1. The van der Waals surface area contributed by atoms with E-state index in [1.807, 2.05) is 30.8 Å². The summed E-state index contributed by atoms with van der Waals surface area (Å²) in [5.74, 6) is 0.124. The zero-order valence-corrected chi connectivity index (χ0v) is 14.6. The minimum absolute atomic E-state index is 0.0140. The van der Waals surface area contributed by atoms with Crippen LogP contribution in [-0.4, -0.2) is 38.6 Å². The Hall–Kier alpha value is -2.28. The van der Waals surface area contributed by atoms with E-state index in [1.54, 1.807) is 23.6 Å². The lowest BCUT2D eigenvalue weighted by atomic mass is 9.92. The van der Waals surface area contributed by atoms with Gasteiger partial charge in [-0.1, -0.05) is 17.4 Å². The van der Waals surface area contributed by atoms with Crippen molar-refractivity contribution in [3.05, 3.63) is 35.8 Å². The molecule has 1 aliphatic rings. The van der Waals surface area contributed by atoms with Crippen molar-refractivity contribution < 1.29 is 4.79 Å². The monoisotopic (exact) mass is 341 g/mol. The molecule has 0 amide bonds. The Morgan fingerprint density at radius 1 is 1.38 bits per heavy atom. The number of carbonyl (C=O) groups is 1. The minimum atomic E-state index is -0.0140. The third-order valence-corrected chi connectivity index (χ3v) is 5.73. The molecule has 0 bridgehead atoms. The SMILES string of the molecule is Cc1nn(C)c2nc(N3CCC[C@@H](C(=O)c4ccccn4)C3)sc12. The van der Waals surface area contributed by atoms with Crippen LogP contribution in [-0.2, 0) is 7.05 Å². The van der Waals surface area contributed by atoms with Gasteiger partial charge in [0.15, 0.2) is 16.6 Å². The molecule has 0 aromatic carbocycles. The number of aromatic nitrogens is 4. The van der Waals surface area contributed by atoms with Crippen LogP contribution in [0, 0.1) is 12.8 Å². The van der Waals surface area contributed by atoms with Crippen LogP contribution in [0.3, 0.4) is 0 Å². The number of fused-ring (bicyclic) bond motifs is 1. The molecule has 7 heteroatoms. The van der Waals surface area contributed by atoms with Gasteiger partial charge in [0.25, 0.3) is 0 Å². The van der Waals surface area contributed by atoms with E-state index in [9.17, 15) is 4.79 Å². The molecule has 0 aliphatic carbocycles. The fraction of sp³-hybridized carbons (Fsp3) is 0.412. The number of thiazole rings is 1. The van der Waals surface area contributed by atoms with Gasteiger partial charge in [0, 0.05) is 32.3 Å². The third-order valence-electron chi connectivity index (χ3n) is 4.51. The zero-order valence-electron chi connectivity index (χ0n) is 13.8. The molecule has 1 aliphatic heterocycles. The largest absolute Gasteiger partial charge is 0.347 e. The van der Waals surface area contributed by atoms with Crippen LogP contribution in [0.25, 0.3) is 10.3 Å². The first kappa shape index (κ1) is 15.3. The number of rotatable bonds is 3. The van der Waals surface area contributed by atoms with Gasteiger partial charge in [0.1, 0.15) is 5.69 Å². The number of Topliss-reactive ketones (excluding diaryl/α,β-unsaturated/α-hetero) is 1. The molecular formula is C17H19N5OS. The molecule has 3 aromatic rings. The fourth-order valence-electron chi connectivity index (χ4n) is 3.29. The summed E-state index contributed by atoms with van der Waals surface area (Å²) >= 11 is 1.67. The Balaban J connectivity index is 1.58. The van der Waals surface area contributed by atoms with E-state index in [1.165, 1.54) is 0 Å². The van der Waals surface area contributed by atoms with Gasteiger partial charge in [0.05, 0.1) is 10.4 Å². The molecule has 1 saturated heterocycles. The summed E-state index contributed by atoms with van der Waals surface area (Å²) in [6, 6.07) is 5.50. The van der Waals surface area contributed by atoms with E-state index in [-0.39, 0.29) is 11.7 Å². The molecule has 3 aromatic heterocycles. The van der Waals surface area contributed by atoms with E-state index in [2.05, 4.69) is 15.0 Å². The second-order valence-corrected chi connectivity index (χ2v) is 7.20. The van der Waals surface area contributed by atoms with Crippen LogP contribution in [0.5, 0.6) is 0 Å². The average Bonchev–Trinajstić information content (AvgIpc) is 3.17. The summed E-state index contributed by atoms with van der Waals surface area (Å²) in [6.07, 6.45) is 3.59. The number of pyridine rings is 1. The smallest absolute Gasteiger partial charge is 0.188 e. The summed E-state index contributed by atoms with van der Waals surface area (Å²) in [5.41, 5.74) is 2.49. The van der Waals surface area contributed by atoms with Gasteiger partial charge in [-0.2, -0.15) is 5.10 Å². The minimum Gasteiger partial charge on any atom is -0.347 e. The van der Waals surface area contributed by atoms with Crippen LogP contribution in [0.15, 0.2) is 24.4 Å². The Kier molecular flexibility index (Phi) is 3.80. The molecule has 0 N–H and O–H groups in total. The molecule has 0 unspecified atom stereocenters. The Bertz CT molecular complexity index is 851. The summed E-state index contributed by atoms with van der Waals surface area (Å²) in [4.78, 5) is 23.9. The van der Waals surface area contributed by atoms with E-state index in [0.29, 0.717) is 12.2 Å². The maximum absolute atomic E-state index is 12.7. The van der Waals surface area contributed by atoms with Crippen LogP contribution < -0.4 is 4.90 Å². The summed E-state index contributed by atoms with van der Waals surface area (Å²) in [7, 11) is 1.92. The normalized spacial score (nSPS) is 18.2. The number of ketones is 1. The first-order chi connectivity index (χ1) is 11.6. The van der Waals surface area contributed by atoms with Crippen LogP contribution in [0.1, 0.15) is 29.0 Å². The van der Waals surface area contributed by atoms with Crippen molar-refractivity contribution in [3.63, 3.8) is 0 Å². The predicted molar refractivity (Wildman–Crippen MR) is 94.6 cm³/mol. The standard InChI is InChI=1S/C17H19N5OS/c1-11-15-16(21(2)20-11)19-17(24-15)22-9-5-6-12(10-22)14(23)13-7-3-4-8-18-13/h3-4,7-8,12H,5-6,9-10H2,1-2H3/t12-/m1/s1. The van der Waals surface area contributed by atoms with Gasteiger partial charge in [-0.15, -0.1) is 0 Å².